The van der Waals surface area contributed by atoms with Gasteiger partial charge in [0.15, 0.2) is 0 Å². The van der Waals surface area contributed by atoms with E-state index in [2.05, 4.69) is 0 Å². The average molecular weight is 198 g/mol. The molecule has 0 unspecified atom stereocenters. The summed E-state index contributed by atoms with van der Waals surface area (Å²) in [6.45, 7) is 3.86. The Balaban J connectivity index is 2.40. The van der Waals surface area contributed by atoms with Crippen LogP contribution in [0.25, 0.3) is 0 Å². The fraction of sp³-hybridized carbons (Fsp3) is 1.00. The summed E-state index contributed by atoms with van der Waals surface area (Å²) in [6, 6.07) is 0. The summed E-state index contributed by atoms with van der Waals surface area (Å²) in [5.41, 5.74) is -1.32. The molecule has 0 heterocycles. The maximum atomic E-state index is 12.3. The van der Waals surface area contributed by atoms with E-state index in [1.165, 1.54) is 11.8 Å². The molecule has 1 fully saturated rings. The Labute approximate surface area is 74.9 Å². The van der Waals surface area contributed by atoms with E-state index in [9.17, 15) is 13.2 Å². The van der Waals surface area contributed by atoms with Gasteiger partial charge in [0.2, 0.25) is 0 Å². The molecule has 1 saturated carbocycles. The van der Waals surface area contributed by atoms with Crippen LogP contribution in [0.1, 0.15) is 26.7 Å². The highest BCUT2D eigenvalue weighted by Crippen LogP contribution is 2.59. The average Bonchev–Trinajstić information content (AvgIpc) is 2.60. The van der Waals surface area contributed by atoms with Gasteiger partial charge in [-0.05, 0) is 18.1 Å². The first kappa shape index (κ1) is 10.2. The number of hydrogen-bond acceptors (Lipinski definition) is 1. The molecule has 72 valence electrons. The lowest BCUT2D eigenvalue weighted by Crippen LogP contribution is -2.27. The van der Waals surface area contributed by atoms with Crippen LogP contribution in [0.4, 0.5) is 13.2 Å². The Kier molecular flexibility index (Phi) is 2.66. The number of hydrogen-bond donors (Lipinski definition) is 0. The van der Waals surface area contributed by atoms with Crippen molar-refractivity contribution >= 4 is 11.8 Å². The minimum absolute atomic E-state index is 0.244. The number of thioether (sulfide) groups is 1. The van der Waals surface area contributed by atoms with Crippen LogP contribution >= 0.6 is 11.8 Å². The topological polar surface area (TPSA) is 0 Å². The molecule has 4 heteroatoms. The molecule has 0 spiro atoms. The molecule has 0 radical (unpaired) electrons. The van der Waals surface area contributed by atoms with Gasteiger partial charge in [0.1, 0.15) is 0 Å². The number of halogens is 3. The van der Waals surface area contributed by atoms with Crippen molar-refractivity contribution in [3.8, 4) is 0 Å². The Bertz CT molecular complexity index is 158. The summed E-state index contributed by atoms with van der Waals surface area (Å²) in [5, 5.41) is 0.296. The van der Waals surface area contributed by atoms with Crippen LogP contribution in [0.2, 0.25) is 0 Å². The molecule has 0 aliphatic heterocycles. The van der Waals surface area contributed by atoms with Crippen LogP contribution in [0.5, 0.6) is 0 Å². The van der Waals surface area contributed by atoms with Gasteiger partial charge in [-0.3, -0.25) is 0 Å². The van der Waals surface area contributed by atoms with Crippen molar-refractivity contribution in [3.05, 3.63) is 0 Å². The zero-order valence-corrected chi connectivity index (χ0v) is 8.06. The van der Waals surface area contributed by atoms with Crippen LogP contribution in [-0.4, -0.2) is 17.2 Å². The summed E-state index contributed by atoms with van der Waals surface area (Å²) >= 11 is 1.41. The smallest absolute Gasteiger partial charge is 0.170 e. The van der Waals surface area contributed by atoms with E-state index < -0.39 is 11.6 Å². The van der Waals surface area contributed by atoms with Crippen LogP contribution in [0, 0.1) is 5.41 Å². The van der Waals surface area contributed by atoms with Gasteiger partial charge < -0.3 is 0 Å². The zero-order valence-electron chi connectivity index (χ0n) is 7.24. The molecule has 1 aliphatic carbocycles. The minimum atomic E-state index is -3.98. The first-order chi connectivity index (χ1) is 5.37. The summed E-state index contributed by atoms with van der Waals surface area (Å²) in [4.78, 5) is 0. The molecular weight excluding hydrogens is 185 g/mol. The van der Waals surface area contributed by atoms with Crippen molar-refractivity contribution in [2.24, 2.45) is 5.41 Å². The second kappa shape index (κ2) is 3.13. The summed E-state index contributed by atoms with van der Waals surface area (Å²) in [5.74, 6) is 0.244. The molecule has 0 amide bonds. The lowest BCUT2D eigenvalue weighted by Gasteiger charge is -2.19. The van der Waals surface area contributed by atoms with E-state index in [-0.39, 0.29) is 5.75 Å². The van der Waals surface area contributed by atoms with Crippen LogP contribution in [0.3, 0.4) is 0 Å². The van der Waals surface area contributed by atoms with Crippen LogP contribution < -0.4 is 0 Å². The van der Waals surface area contributed by atoms with Gasteiger partial charge in [-0.25, -0.2) is 0 Å². The van der Waals surface area contributed by atoms with Gasteiger partial charge in [-0.2, -0.15) is 24.9 Å². The van der Waals surface area contributed by atoms with Gasteiger partial charge in [0.05, 0.1) is 5.41 Å². The van der Waals surface area contributed by atoms with Crippen molar-refractivity contribution < 1.29 is 13.2 Å². The maximum Gasteiger partial charge on any atom is 0.395 e. The fourth-order valence-corrected chi connectivity index (χ4v) is 2.09. The Morgan fingerprint density at radius 2 is 1.83 bits per heavy atom. The number of alkyl halides is 3. The predicted octanol–water partition coefficient (Wildman–Crippen LogP) is 3.47. The lowest BCUT2D eigenvalue weighted by atomic mass is 10.1. The molecule has 0 aromatic heterocycles. The molecule has 0 aromatic carbocycles. The monoisotopic (exact) mass is 198 g/mol. The van der Waals surface area contributed by atoms with E-state index in [4.69, 9.17) is 0 Å². The quantitative estimate of drug-likeness (QED) is 0.669. The molecule has 0 nitrogen and oxygen atoms in total. The molecule has 1 rings (SSSR count). The normalized spacial score (nSPS) is 21.5. The third-order valence-electron chi connectivity index (χ3n) is 2.15. The summed E-state index contributed by atoms with van der Waals surface area (Å²) in [7, 11) is 0. The van der Waals surface area contributed by atoms with Gasteiger partial charge in [0.25, 0.3) is 0 Å². The van der Waals surface area contributed by atoms with Crippen molar-refractivity contribution in [2.45, 2.75) is 38.1 Å². The van der Waals surface area contributed by atoms with Crippen molar-refractivity contribution in [1.82, 2.24) is 0 Å². The molecule has 0 aromatic rings. The standard InChI is InChI=1S/C8H13F3S/c1-6(2)12-5-7(3-4-7)8(9,10)11/h6H,3-5H2,1-2H3. The molecule has 1 aliphatic rings. The minimum Gasteiger partial charge on any atom is -0.170 e. The van der Waals surface area contributed by atoms with Gasteiger partial charge >= 0.3 is 6.18 Å². The molecule has 0 saturated heterocycles. The molecular formula is C8H13F3S. The second-order valence-corrected chi connectivity index (χ2v) is 5.20. The fourth-order valence-electron chi connectivity index (χ4n) is 0.987. The van der Waals surface area contributed by atoms with Crippen LogP contribution in [-0.2, 0) is 0 Å². The van der Waals surface area contributed by atoms with Gasteiger partial charge in [-0.15, -0.1) is 0 Å². The molecule has 12 heavy (non-hydrogen) atoms. The van der Waals surface area contributed by atoms with E-state index in [1.807, 2.05) is 13.8 Å². The van der Waals surface area contributed by atoms with Crippen molar-refractivity contribution in [3.63, 3.8) is 0 Å². The molecule has 0 bridgehead atoms. The van der Waals surface area contributed by atoms with E-state index in [0.717, 1.165) is 0 Å². The van der Waals surface area contributed by atoms with Crippen LogP contribution in [0.15, 0.2) is 0 Å². The SMILES string of the molecule is CC(C)SCC1(C(F)(F)F)CC1. The highest BCUT2D eigenvalue weighted by Gasteiger charge is 2.62. The highest BCUT2D eigenvalue weighted by molar-refractivity contribution is 7.99. The Morgan fingerprint density at radius 3 is 2.08 bits per heavy atom. The summed E-state index contributed by atoms with van der Waals surface area (Å²) < 4.78 is 37.0. The van der Waals surface area contributed by atoms with E-state index in [0.29, 0.717) is 18.1 Å². The van der Waals surface area contributed by atoms with E-state index >= 15 is 0 Å². The first-order valence-corrected chi connectivity index (χ1v) is 5.11. The third kappa shape index (κ3) is 2.09. The Morgan fingerprint density at radius 1 is 1.33 bits per heavy atom. The van der Waals surface area contributed by atoms with E-state index in [1.54, 1.807) is 0 Å². The van der Waals surface area contributed by atoms with Crippen molar-refractivity contribution in [2.75, 3.05) is 5.75 Å². The zero-order chi connectivity index (χ0) is 9.41. The van der Waals surface area contributed by atoms with Gasteiger partial charge in [0, 0.05) is 5.75 Å². The van der Waals surface area contributed by atoms with Crippen molar-refractivity contribution in [1.29, 1.82) is 0 Å². The summed E-state index contributed by atoms with van der Waals surface area (Å²) in [6.07, 6.45) is -3.32. The highest BCUT2D eigenvalue weighted by atomic mass is 32.2. The van der Waals surface area contributed by atoms with Gasteiger partial charge in [-0.1, -0.05) is 13.8 Å². The number of rotatable bonds is 3. The molecule has 0 atom stereocenters. The largest absolute Gasteiger partial charge is 0.395 e. The second-order valence-electron chi connectivity index (χ2n) is 3.64. The maximum absolute atomic E-state index is 12.3. The predicted molar refractivity (Wildman–Crippen MR) is 45.3 cm³/mol. The first-order valence-electron chi connectivity index (χ1n) is 4.06. The molecule has 0 N–H and O–H groups in total. The Hall–Kier alpha value is 0.140. The lowest BCUT2D eigenvalue weighted by molar-refractivity contribution is -0.179. The third-order valence-corrected chi connectivity index (χ3v) is 3.53.